The summed E-state index contributed by atoms with van der Waals surface area (Å²) in [5.41, 5.74) is 0.727. The lowest BCUT2D eigenvalue weighted by Gasteiger charge is -2.26. The molecule has 168 valence electrons. The van der Waals surface area contributed by atoms with Crippen LogP contribution in [0.15, 0.2) is 54.1 Å². The minimum atomic E-state index is -0.846. The van der Waals surface area contributed by atoms with Crippen molar-refractivity contribution in [3.63, 3.8) is 0 Å². The van der Waals surface area contributed by atoms with Crippen LogP contribution in [-0.4, -0.2) is 52.8 Å². The van der Waals surface area contributed by atoms with Crippen molar-refractivity contribution in [2.24, 2.45) is 0 Å². The molecule has 0 bridgehead atoms. The van der Waals surface area contributed by atoms with Gasteiger partial charge >= 0.3 is 0 Å². The number of rotatable bonds is 8. The van der Waals surface area contributed by atoms with E-state index in [1.54, 1.807) is 24.3 Å². The summed E-state index contributed by atoms with van der Waals surface area (Å²) in [6.45, 7) is 6.76. The van der Waals surface area contributed by atoms with Crippen molar-refractivity contribution in [2.75, 3.05) is 26.2 Å². The topological polar surface area (TPSA) is 105 Å². The Balaban J connectivity index is 2.10. The molecule has 1 aliphatic heterocycles. The highest BCUT2D eigenvalue weighted by Crippen LogP contribution is 2.39. The molecule has 2 N–H and O–H groups in total. The quantitative estimate of drug-likeness (QED) is 0.208. The van der Waals surface area contributed by atoms with Gasteiger partial charge in [-0.15, -0.1) is 0 Å². The number of benzene rings is 2. The Morgan fingerprint density at radius 1 is 1.09 bits per heavy atom. The summed E-state index contributed by atoms with van der Waals surface area (Å²) >= 11 is 5.93. The van der Waals surface area contributed by atoms with Gasteiger partial charge in [0.15, 0.2) is 0 Å². The molecule has 3 rings (SSSR count). The van der Waals surface area contributed by atoms with Crippen LogP contribution in [0.5, 0.6) is 0 Å². The number of aliphatic hydroxyl groups excluding tert-OH is 1. The maximum atomic E-state index is 13.0. The van der Waals surface area contributed by atoms with Crippen molar-refractivity contribution in [2.45, 2.75) is 19.9 Å². The molecule has 8 nitrogen and oxygen atoms in total. The Bertz CT molecular complexity index is 1050. The summed E-state index contributed by atoms with van der Waals surface area (Å²) in [6, 6.07) is 11.1. The zero-order valence-electron chi connectivity index (χ0n) is 17.9. The van der Waals surface area contributed by atoms with E-state index in [9.17, 15) is 24.8 Å². The maximum Gasteiger partial charge on any atom is 0.295 e. The predicted molar refractivity (Wildman–Crippen MR) is 120 cm³/mol. The van der Waals surface area contributed by atoms with E-state index in [0.717, 1.165) is 13.1 Å². The minimum Gasteiger partial charge on any atom is -0.507 e. The number of halogens is 1. The molecule has 1 amide bonds. The fraction of sp³-hybridized carbons (Fsp3) is 0.304. The SMILES string of the molecule is CC[NH+](CC)CCN1C(=O)C(=O)C(=C(O)c2ccc(Cl)cc2)C1c1ccc([N+](=O)[O-])cc1. The Kier molecular flexibility index (Phi) is 7.27. The number of carbonyl (C=O) groups excluding carboxylic acids is 2. The lowest BCUT2D eigenvalue weighted by molar-refractivity contribution is -0.895. The first-order valence-electron chi connectivity index (χ1n) is 10.4. The van der Waals surface area contributed by atoms with Gasteiger partial charge in [0.1, 0.15) is 5.76 Å². The Hall–Kier alpha value is -3.23. The van der Waals surface area contributed by atoms with Crippen LogP contribution < -0.4 is 4.90 Å². The molecule has 1 unspecified atom stereocenters. The Morgan fingerprint density at radius 3 is 2.22 bits per heavy atom. The highest BCUT2D eigenvalue weighted by molar-refractivity contribution is 6.46. The number of hydrogen-bond donors (Lipinski definition) is 2. The average molecular weight is 459 g/mol. The molecule has 9 heteroatoms. The van der Waals surface area contributed by atoms with Gasteiger partial charge in [-0.25, -0.2) is 0 Å². The van der Waals surface area contributed by atoms with Crippen LogP contribution in [0, 0.1) is 10.1 Å². The van der Waals surface area contributed by atoms with Gasteiger partial charge in [0.2, 0.25) is 0 Å². The van der Waals surface area contributed by atoms with E-state index in [1.165, 1.54) is 34.1 Å². The summed E-state index contributed by atoms with van der Waals surface area (Å²) in [4.78, 5) is 39.2. The molecule has 0 radical (unpaired) electrons. The van der Waals surface area contributed by atoms with Crippen molar-refractivity contribution in [3.05, 3.63) is 80.4 Å². The van der Waals surface area contributed by atoms with Crippen LogP contribution >= 0.6 is 11.6 Å². The fourth-order valence-electron chi connectivity index (χ4n) is 3.88. The molecule has 1 fully saturated rings. The molecule has 32 heavy (non-hydrogen) atoms. The number of likely N-dealkylation sites (N-methyl/N-ethyl adjacent to an activating group) is 1. The Morgan fingerprint density at radius 2 is 1.69 bits per heavy atom. The normalized spacial score (nSPS) is 17.9. The third-order valence-corrected chi connectivity index (χ3v) is 6.04. The van der Waals surface area contributed by atoms with E-state index >= 15 is 0 Å². The van der Waals surface area contributed by atoms with Crippen LogP contribution in [0.25, 0.3) is 5.76 Å². The average Bonchev–Trinajstić information content (AvgIpc) is 3.04. The number of amides is 1. The number of hydrogen-bond acceptors (Lipinski definition) is 5. The second kappa shape index (κ2) is 9.93. The number of carbonyl (C=O) groups is 2. The lowest BCUT2D eigenvalue weighted by atomic mass is 9.95. The summed E-state index contributed by atoms with van der Waals surface area (Å²) in [5, 5.41) is 22.5. The smallest absolute Gasteiger partial charge is 0.295 e. The number of quaternary nitrogens is 1. The number of Topliss-reactive ketones (excluding diaryl/α,β-unsaturated/α-hetero) is 1. The number of nitrogens with one attached hydrogen (secondary N) is 1. The Labute approximate surface area is 190 Å². The van der Waals surface area contributed by atoms with Crippen LogP contribution in [0.3, 0.4) is 0 Å². The van der Waals surface area contributed by atoms with E-state index in [2.05, 4.69) is 0 Å². The second-order valence-electron chi connectivity index (χ2n) is 7.56. The van der Waals surface area contributed by atoms with Gasteiger partial charge in [-0.05, 0) is 55.8 Å². The summed E-state index contributed by atoms with van der Waals surface area (Å²) in [5.74, 6) is -1.79. The number of ketones is 1. The maximum absolute atomic E-state index is 13.0. The molecule has 1 saturated heterocycles. The summed E-state index contributed by atoms with van der Waals surface area (Å²) in [6.07, 6.45) is 0. The summed E-state index contributed by atoms with van der Waals surface area (Å²) < 4.78 is 0. The highest BCUT2D eigenvalue weighted by atomic mass is 35.5. The molecule has 2 aromatic carbocycles. The molecule has 2 aromatic rings. The van der Waals surface area contributed by atoms with E-state index in [4.69, 9.17) is 11.6 Å². The zero-order valence-corrected chi connectivity index (χ0v) is 18.6. The number of nitro groups is 1. The van der Waals surface area contributed by atoms with Crippen LogP contribution in [-0.2, 0) is 9.59 Å². The van der Waals surface area contributed by atoms with E-state index in [1.807, 2.05) is 13.8 Å². The predicted octanol–water partition coefficient (Wildman–Crippen LogP) is 2.59. The molecular formula is C23H25ClN3O5+. The first-order valence-corrected chi connectivity index (χ1v) is 10.8. The van der Waals surface area contributed by atoms with Crippen LogP contribution in [0.2, 0.25) is 5.02 Å². The molecule has 0 aromatic heterocycles. The molecular weight excluding hydrogens is 434 g/mol. The van der Waals surface area contributed by atoms with Crippen molar-refractivity contribution in [3.8, 4) is 0 Å². The van der Waals surface area contributed by atoms with Gasteiger partial charge in [0.25, 0.3) is 17.4 Å². The highest BCUT2D eigenvalue weighted by Gasteiger charge is 2.46. The molecule has 1 heterocycles. The van der Waals surface area contributed by atoms with Gasteiger partial charge in [-0.3, -0.25) is 19.7 Å². The number of aliphatic hydroxyl groups is 1. The van der Waals surface area contributed by atoms with Crippen molar-refractivity contribution >= 4 is 34.7 Å². The summed E-state index contributed by atoms with van der Waals surface area (Å²) in [7, 11) is 0. The molecule has 1 atom stereocenters. The number of nitro benzene ring substituents is 1. The molecule has 0 saturated carbocycles. The lowest BCUT2D eigenvalue weighted by Crippen LogP contribution is -3.12. The van der Waals surface area contributed by atoms with E-state index in [-0.39, 0.29) is 17.0 Å². The van der Waals surface area contributed by atoms with Crippen molar-refractivity contribution < 1.29 is 24.5 Å². The largest absolute Gasteiger partial charge is 0.507 e. The number of likely N-dealkylation sites (tertiary alicyclic amines) is 1. The van der Waals surface area contributed by atoms with Gasteiger partial charge in [-0.2, -0.15) is 0 Å². The number of nitrogens with zero attached hydrogens (tertiary/aromatic N) is 2. The van der Waals surface area contributed by atoms with Gasteiger partial charge in [0, 0.05) is 22.7 Å². The van der Waals surface area contributed by atoms with Crippen molar-refractivity contribution in [1.29, 1.82) is 0 Å². The third-order valence-electron chi connectivity index (χ3n) is 5.78. The standard InChI is InChI=1S/C23H24ClN3O5/c1-3-25(4-2)13-14-26-20(15-7-11-18(12-8-15)27(31)32)19(22(29)23(26)30)21(28)16-5-9-17(24)10-6-16/h5-12,20,28H,3-4,13-14H2,1-2H3/p+1. The van der Waals surface area contributed by atoms with Crippen LogP contribution in [0.4, 0.5) is 5.69 Å². The van der Waals surface area contributed by atoms with E-state index in [0.29, 0.717) is 29.2 Å². The molecule has 0 aliphatic carbocycles. The molecule has 1 aliphatic rings. The van der Waals surface area contributed by atoms with Gasteiger partial charge < -0.3 is 14.9 Å². The van der Waals surface area contributed by atoms with Crippen molar-refractivity contribution in [1.82, 2.24) is 4.90 Å². The van der Waals surface area contributed by atoms with Crippen LogP contribution in [0.1, 0.15) is 31.0 Å². The second-order valence-corrected chi connectivity index (χ2v) is 7.99. The first-order chi connectivity index (χ1) is 15.3. The number of non-ortho nitro benzene ring substituents is 1. The molecule has 0 spiro atoms. The van der Waals surface area contributed by atoms with Gasteiger partial charge in [-0.1, -0.05) is 11.6 Å². The minimum absolute atomic E-state index is 0.0410. The third kappa shape index (κ3) is 4.66. The zero-order chi connectivity index (χ0) is 23.4. The van der Waals surface area contributed by atoms with Gasteiger partial charge in [0.05, 0.1) is 42.7 Å². The first kappa shape index (κ1) is 23.4. The fourth-order valence-corrected chi connectivity index (χ4v) is 4.01. The monoisotopic (exact) mass is 458 g/mol. The van der Waals surface area contributed by atoms with E-state index < -0.39 is 22.7 Å².